The largest absolute Gasteiger partial charge is 0.321 e. The molecular formula is C7H15NO2S. The summed E-state index contributed by atoms with van der Waals surface area (Å²) in [5.74, 6) is 0.103. The lowest BCUT2D eigenvalue weighted by molar-refractivity contribution is -0.118. The van der Waals surface area contributed by atoms with E-state index in [9.17, 15) is 9.00 Å². The Kier molecular flexibility index (Phi) is 4.52. The molecule has 0 spiro atoms. The van der Waals surface area contributed by atoms with E-state index in [4.69, 9.17) is 5.73 Å². The van der Waals surface area contributed by atoms with Gasteiger partial charge in [0.05, 0.1) is 11.8 Å². The van der Waals surface area contributed by atoms with Crippen molar-refractivity contribution in [2.24, 2.45) is 11.7 Å². The molecule has 0 saturated heterocycles. The summed E-state index contributed by atoms with van der Waals surface area (Å²) in [6.07, 6.45) is 1.50. The maximum Gasteiger partial charge on any atom is 0.162 e. The normalized spacial score (nSPS) is 16.5. The summed E-state index contributed by atoms with van der Waals surface area (Å²) in [5, 5.41) is 0. The Labute approximate surface area is 69.8 Å². The van der Waals surface area contributed by atoms with E-state index in [0.29, 0.717) is 0 Å². The van der Waals surface area contributed by atoms with Crippen LogP contribution in [-0.4, -0.2) is 28.0 Å². The van der Waals surface area contributed by atoms with E-state index in [2.05, 4.69) is 0 Å². The zero-order chi connectivity index (χ0) is 9.02. The summed E-state index contributed by atoms with van der Waals surface area (Å²) in [6.45, 7) is 3.75. The van der Waals surface area contributed by atoms with Crippen LogP contribution < -0.4 is 5.73 Å². The van der Waals surface area contributed by atoms with E-state index in [1.807, 2.05) is 13.8 Å². The van der Waals surface area contributed by atoms with Gasteiger partial charge in [0.2, 0.25) is 0 Å². The molecule has 0 aromatic heterocycles. The SMILES string of the molecule is CC(C)[C@H](N)C(=O)CS(C)=O. The second-order valence-corrected chi connectivity index (χ2v) is 4.39. The highest BCUT2D eigenvalue weighted by Crippen LogP contribution is 1.99. The first-order chi connectivity index (χ1) is 4.95. The molecule has 0 amide bonds. The molecule has 66 valence electrons. The number of Topliss-reactive ketones (excluding diaryl/α,β-unsaturated/α-hetero) is 1. The first kappa shape index (κ1) is 10.8. The number of carbonyl (C=O) groups is 1. The number of hydrogen-bond acceptors (Lipinski definition) is 3. The molecule has 0 fully saturated rings. The Balaban J connectivity index is 3.93. The van der Waals surface area contributed by atoms with E-state index in [0.717, 1.165) is 0 Å². The Hall–Kier alpha value is -0.220. The summed E-state index contributed by atoms with van der Waals surface area (Å²) in [7, 11) is -1.06. The molecule has 0 heterocycles. The Bertz CT molecular complexity index is 168. The van der Waals surface area contributed by atoms with E-state index >= 15 is 0 Å². The maximum atomic E-state index is 11.1. The fourth-order valence-electron chi connectivity index (χ4n) is 0.668. The third-order valence-corrected chi connectivity index (χ3v) is 2.13. The predicted molar refractivity (Wildman–Crippen MR) is 46.8 cm³/mol. The molecule has 11 heavy (non-hydrogen) atoms. The van der Waals surface area contributed by atoms with Gasteiger partial charge in [0.15, 0.2) is 5.78 Å². The van der Waals surface area contributed by atoms with Crippen LogP contribution in [0.4, 0.5) is 0 Å². The topological polar surface area (TPSA) is 60.2 Å². The number of rotatable bonds is 4. The molecule has 0 aliphatic rings. The zero-order valence-electron chi connectivity index (χ0n) is 7.16. The van der Waals surface area contributed by atoms with Crippen LogP contribution in [-0.2, 0) is 15.6 Å². The van der Waals surface area contributed by atoms with Crippen molar-refractivity contribution in [3.05, 3.63) is 0 Å². The third-order valence-electron chi connectivity index (χ3n) is 1.44. The van der Waals surface area contributed by atoms with Crippen LogP contribution in [0.25, 0.3) is 0 Å². The van der Waals surface area contributed by atoms with Crippen molar-refractivity contribution in [2.45, 2.75) is 19.9 Å². The summed E-state index contributed by atoms with van der Waals surface area (Å²) >= 11 is 0. The van der Waals surface area contributed by atoms with Crippen LogP contribution in [0.1, 0.15) is 13.8 Å². The molecule has 2 N–H and O–H groups in total. The molecule has 0 aromatic rings. The molecule has 0 radical (unpaired) electrons. The number of carbonyl (C=O) groups excluding carboxylic acids is 1. The first-order valence-corrected chi connectivity index (χ1v) is 5.26. The zero-order valence-corrected chi connectivity index (χ0v) is 7.98. The molecule has 0 aliphatic heterocycles. The van der Waals surface area contributed by atoms with Crippen molar-refractivity contribution in [2.75, 3.05) is 12.0 Å². The minimum atomic E-state index is -1.06. The lowest BCUT2D eigenvalue weighted by Crippen LogP contribution is -2.38. The van der Waals surface area contributed by atoms with E-state index < -0.39 is 16.8 Å². The van der Waals surface area contributed by atoms with Gasteiger partial charge in [-0.1, -0.05) is 13.8 Å². The van der Waals surface area contributed by atoms with Gasteiger partial charge in [0, 0.05) is 17.1 Å². The van der Waals surface area contributed by atoms with E-state index in [1.165, 1.54) is 6.26 Å². The lowest BCUT2D eigenvalue weighted by atomic mass is 10.0. The third kappa shape index (κ3) is 4.27. The monoisotopic (exact) mass is 177 g/mol. The molecular weight excluding hydrogens is 162 g/mol. The minimum Gasteiger partial charge on any atom is -0.321 e. The molecule has 0 rings (SSSR count). The standard InChI is InChI=1S/C7H15NO2S/c1-5(2)7(8)6(9)4-11(3)10/h5,7H,4,8H2,1-3H3/t7-,11?/m0/s1. The van der Waals surface area contributed by atoms with Crippen molar-refractivity contribution in [1.82, 2.24) is 0 Å². The summed E-state index contributed by atoms with van der Waals surface area (Å²) in [5.41, 5.74) is 5.52. The van der Waals surface area contributed by atoms with E-state index in [-0.39, 0.29) is 17.5 Å². The van der Waals surface area contributed by atoms with Crippen LogP contribution in [0.15, 0.2) is 0 Å². The lowest BCUT2D eigenvalue weighted by Gasteiger charge is -2.12. The van der Waals surface area contributed by atoms with Gasteiger partial charge in [0.25, 0.3) is 0 Å². The molecule has 0 aliphatic carbocycles. The molecule has 3 nitrogen and oxygen atoms in total. The number of hydrogen-bond donors (Lipinski definition) is 1. The fourth-order valence-corrected chi connectivity index (χ4v) is 1.26. The van der Waals surface area contributed by atoms with Crippen LogP contribution in [0.5, 0.6) is 0 Å². The molecule has 0 bridgehead atoms. The molecule has 1 unspecified atom stereocenters. The fraction of sp³-hybridized carbons (Fsp3) is 0.857. The van der Waals surface area contributed by atoms with Crippen molar-refractivity contribution in [3.63, 3.8) is 0 Å². The average molecular weight is 177 g/mol. The molecule has 4 heteroatoms. The Morgan fingerprint density at radius 1 is 1.55 bits per heavy atom. The summed E-state index contributed by atoms with van der Waals surface area (Å²) in [4.78, 5) is 11.1. The molecule has 0 saturated carbocycles. The summed E-state index contributed by atoms with van der Waals surface area (Å²) in [6, 6.07) is -0.459. The highest BCUT2D eigenvalue weighted by Gasteiger charge is 2.17. The first-order valence-electron chi connectivity index (χ1n) is 3.53. The predicted octanol–water partition coefficient (Wildman–Crippen LogP) is -0.0827. The van der Waals surface area contributed by atoms with Gasteiger partial charge in [-0.3, -0.25) is 9.00 Å². The van der Waals surface area contributed by atoms with Crippen molar-refractivity contribution < 1.29 is 9.00 Å². The van der Waals surface area contributed by atoms with E-state index in [1.54, 1.807) is 0 Å². The molecule has 2 atom stereocenters. The molecule has 0 aromatic carbocycles. The highest BCUT2D eigenvalue weighted by molar-refractivity contribution is 7.85. The summed E-state index contributed by atoms with van der Waals surface area (Å²) < 4.78 is 10.6. The number of ketones is 1. The van der Waals surface area contributed by atoms with Gasteiger partial charge in [-0.2, -0.15) is 0 Å². The van der Waals surface area contributed by atoms with Gasteiger partial charge in [-0.15, -0.1) is 0 Å². The quantitative estimate of drug-likeness (QED) is 0.653. The van der Waals surface area contributed by atoms with Crippen molar-refractivity contribution in [3.8, 4) is 0 Å². The second-order valence-electron chi connectivity index (χ2n) is 2.95. The van der Waals surface area contributed by atoms with Gasteiger partial charge in [-0.05, 0) is 5.92 Å². The average Bonchev–Trinajstić information content (AvgIpc) is 1.84. The van der Waals surface area contributed by atoms with Crippen LogP contribution >= 0.6 is 0 Å². The maximum absolute atomic E-state index is 11.1. The Morgan fingerprint density at radius 2 is 2.00 bits per heavy atom. The van der Waals surface area contributed by atoms with Crippen LogP contribution in [0, 0.1) is 5.92 Å². The van der Waals surface area contributed by atoms with Gasteiger partial charge in [-0.25, -0.2) is 0 Å². The van der Waals surface area contributed by atoms with Gasteiger partial charge >= 0.3 is 0 Å². The van der Waals surface area contributed by atoms with Gasteiger partial charge in [0.1, 0.15) is 0 Å². The van der Waals surface area contributed by atoms with Crippen LogP contribution in [0.2, 0.25) is 0 Å². The second kappa shape index (κ2) is 4.62. The smallest absolute Gasteiger partial charge is 0.162 e. The van der Waals surface area contributed by atoms with Gasteiger partial charge < -0.3 is 5.73 Å². The minimum absolute atomic E-state index is 0.0827. The Morgan fingerprint density at radius 3 is 2.27 bits per heavy atom. The number of nitrogens with two attached hydrogens (primary N) is 1. The highest BCUT2D eigenvalue weighted by atomic mass is 32.2. The van der Waals surface area contributed by atoms with Crippen LogP contribution in [0.3, 0.4) is 0 Å². The van der Waals surface area contributed by atoms with Crippen molar-refractivity contribution in [1.29, 1.82) is 0 Å². The van der Waals surface area contributed by atoms with Crippen molar-refractivity contribution >= 4 is 16.6 Å².